The molecule has 124 valence electrons. The quantitative estimate of drug-likeness (QED) is 0.721. The molecule has 0 bridgehead atoms. The second kappa shape index (κ2) is 6.84. The minimum atomic E-state index is -3.50. The van der Waals surface area contributed by atoms with Gasteiger partial charge >= 0.3 is 0 Å². The fraction of sp³-hybridized carbons (Fsp3) is 0.176. The molecule has 3 aromatic rings. The Morgan fingerprint density at radius 3 is 2.54 bits per heavy atom. The first-order valence-corrected chi connectivity index (χ1v) is 9.20. The highest BCUT2D eigenvalue weighted by Gasteiger charge is 2.18. The molecular weight excluding hydrogens is 324 g/mol. The molecule has 2 heterocycles. The molecule has 3 rings (SSSR count). The molecule has 0 amide bonds. The lowest BCUT2D eigenvalue weighted by Crippen LogP contribution is -2.20. The van der Waals surface area contributed by atoms with E-state index in [1.807, 2.05) is 49.4 Å². The molecule has 7 heteroatoms. The van der Waals surface area contributed by atoms with Gasteiger partial charge in [-0.15, -0.1) is 0 Å². The van der Waals surface area contributed by atoms with Gasteiger partial charge in [0.1, 0.15) is 0 Å². The van der Waals surface area contributed by atoms with Gasteiger partial charge in [-0.25, -0.2) is 8.42 Å². The van der Waals surface area contributed by atoms with Gasteiger partial charge in [-0.1, -0.05) is 37.3 Å². The largest absolute Gasteiger partial charge is 0.276 e. The predicted molar refractivity (Wildman–Crippen MR) is 94.1 cm³/mol. The maximum absolute atomic E-state index is 12.4. The smallest absolute Gasteiger partial charge is 0.234 e. The SMILES string of the molecule is C[C@H](CS(=O)(=O)Nc1cc(-c2ccncc2)[nH]n1)c1ccccc1. The van der Waals surface area contributed by atoms with Crippen molar-refractivity contribution in [2.75, 3.05) is 10.5 Å². The van der Waals surface area contributed by atoms with Gasteiger partial charge < -0.3 is 0 Å². The van der Waals surface area contributed by atoms with Crippen molar-refractivity contribution in [2.45, 2.75) is 12.8 Å². The zero-order valence-electron chi connectivity index (χ0n) is 13.2. The van der Waals surface area contributed by atoms with Gasteiger partial charge in [0.15, 0.2) is 5.82 Å². The Morgan fingerprint density at radius 2 is 1.83 bits per heavy atom. The predicted octanol–water partition coefficient (Wildman–Crippen LogP) is 3.02. The van der Waals surface area contributed by atoms with E-state index in [0.717, 1.165) is 16.8 Å². The molecule has 2 aromatic heterocycles. The van der Waals surface area contributed by atoms with E-state index in [4.69, 9.17) is 0 Å². The van der Waals surface area contributed by atoms with E-state index in [2.05, 4.69) is 19.9 Å². The molecule has 0 unspecified atom stereocenters. The van der Waals surface area contributed by atoms with Gasteiger partial charge in [-0.2, -0.15) is 5.10 Å². The lowest BCUT2D eigenvalue weighted by molar-refractivity contribution is 0.595. The Balaban J connectivity index is 1.70. The van der Waals surface area contributed by atoms with Crippen LogP contribution in [0.5, 0.6) is 0 Å². The molecule has 1 atom stereocenters. The summed E-state index contributed by atoms with van der Waals surface area (Å²) in [5.74, 6) is 0.165. The normalized spacial score (nSPS) is 12.7. The van der Waals surface area contributed by atoms with Crippen molar-refractivity contribution < 1.29 is 8.42 Å². The minimum absolute atomic E-state index is 0.00549. The molecule has 0 radical (unpaired) electrons. The average Bonchev–Trinajstić information content (AvgIpc) is 3.03. The number of H-pyrrole nitrogens is 1. The van der Waals surface area contributed by atoms with Crippen molar-refractivity contribution in [3.05, 3.63) is 66.5 Å². The van der Waals surface area contributed by atoms with Crippen LogP contribution in [0.15, 0.2) is 60.9 Å². The number of nitrogens with one attached hydrogen (secondary N) is 2. The summed E-state index contributed by atoms with van der Waals surface area (Å²) < 4.78 is 27.2. The molecule has 0 fully saturated rings. The molecule has 24 heavy (non-hydrogen) atoms. The molecule has 0 aliphatic rings. The van der Waals surface area contributed by atoms with E-state index in [9.17, 15) is 8.42 Å². The van der Waals surface area contributed by atoms with Crippen molar-refractivity contribution in [3.63, 3.8) is 0 Å². The van der Waals surface area contributed by atoms with E-state index in [-0.39, 0.29) is 17.5 Å². The van der Waals surface area contributed by atoms with E-state index in [1.54, 1.807) is 18.5 Å². The highest BCUT2D eigenvalue weighted by atomic mass is 32.2. The minimum Gasteiger partial charge on any atom is -0.276 e. The zero-order valence-corrected chi connectivity index (χ0v) is 14.0. The van der Waals surface area contributed by atoms with Crippen LogP contribution in [0.1, 0.15) is 18.4 Å². The Hall–Kier alpha value is -2.67. The van der Waals surface area contributed by atoms with Crippen LogP contribution < -0.4 is 4.72 Å². The van der Waals surface area contributed by atoms with Crippen molar-refractivity contribution in [1.29, 1.82) is 0 Å². The molecule has 2 N–H and O–H groups in total. The number of rotatable bonds is 6. The van der Waals surface area contributed by atoms with E-state index >= 15 is 0 Å². The Morgan fingerprint density at radius 1 is 1.12 bits per heavy atom. The lowest BCUT2D eigenvalue weighted by atomic mass is 10.0. The van der Waals surface area contributed by atoms with Crippen molar-refractivity contribution in [2.24, 2.45) is 0 Å². The summed E-state index contributed by atoms with van der Waals surface area (Å²) in [7, 11) is -3.50. The number of nitrogens with zero attached hydrogens (tertiary/aromatic N) is 2. The van der Waals surface area contributed by atoms with Crippen molar-refractivity contribution in [1.82, 2.24) is 15.2 Å². The highest BCUT2D eigenvalue weighted by molar-refractivity contribution is 7.92. The first-order chi connectivity index (χ1) is 11.5. The van der Waals surface area contributed by atoms with Gasteiger partial charge in [-0.3, -0.25) is 14.8 Å². The number of aromatic nitrogens is 3. The van der Waals surface area contributed by atoms with Gasteiger partial charge in [-0.05, 0) is 23.6 Å². The third-order valence-corrected chi connectivity index (χ3v) is 5.13. The lowest BCUT2D eigenvalue weighted by Gasteiger charge is -2.12. The molecule has 0 saturated carbocycles. The van der Waals surface area contributed by atoms with Crippen molar-refractivity contribution in [3.8, 4) is 11.3 Å². The topological polar surface area (TPSA) is 87.7 Å². The number of aromatic amines is 1. The summed E-state index contributed by atoms with van der Waals surface area (Å²) in [6.45, 7) is 1.89. The zero-order chi connectivity index (χ0) is 17.0. The average molecular weight is 342 g/mol. The molecular formula is C17H18N4O2S. The second-order valence-electron chi connectivity index (χ2n) is 5.60. The summed E-state index contributed by atoms with van der Waals surface area (Å²) in [5, 5.41) is 6.85. The summed E-state index contributed by atoms with van der Waals surface area (Å²) >= 11 is 0. The summed E-state index contributed by atoms with van der Waals surface area (Å²) in [6.07, 6.45) is 3.34. The maximum atomic E-state index is 12.4. The molecule has 1 aromatic carbocycles. The summed E-state index contributed by atoms with van der Waals surface area (Å²) in [6, 6.07) is 14.9. The van der Waals surface area contributed by atoms with E-state index in [1.165, 1.54) is 0 Å². The van der Waals surface area contributed by atoms with Crippen LogP contribution in [0.3, 0.4) is 0 Å². The van der Waals surface area contributed by atoms with E-state index in [0.29, 0.717) is 0 Å². The molecule has 6 nitrogen and oxygen atoms in total. The number of pyridine rings is 1. The standard InChI is InChI=1S/C17H18N4O2S/c1-13(14-5-3-2-4-6-14)12-24(22,23)21-17-11-16(19-20-17)15-7-9-18-10-8-15/h2-11,13H,12H2,1H3,(H2,19,20,21)/t13-/m1/s1. The molecule has 0 aliphatic carbocycles. The fourth-order valence-electron chi connectivity index (χ4n) is 2.46. The number of anilines is 1. The number of hydrogen-bond acceptors (Lipinski definition) is 4. The van der Waals surface area contributed by atoms with Gasteiger partial charge in [0.2, 0.25) is 10.0 Å². The van der Waals surface area contributed by atoms with E-state index < -0.39 is 10.0 Å². The molecule has 0 spiro atoms. The Kier molecular flexibility index (Phi) is 4.61. The summed E-state index contributed by atoms with van der Waals surface area (Å²) in [5.41, 5.74) is 2.61. The third-order valence-electron chi connectivity index (χ3n) is 3.67. The summed E-state index contributed by atoms with van der Waals surface area (Å²) in [4.78, 5) is 3.95. The van der Waals surface area contributed by atoms with Crippen LogP contribution in [0.2, 0.25) is 0 Å². The first kappa shape index (κ1) is 16.2. The third kappa shape index (κ3) is 3.99. The van der Waals surface area contributed by atoms with Crippen molar-refractivity contribution >= 4 is 15.8 Å². The Bertz CT molecular complexity index is 893. The van der Waals surface area contributed by atoms with Gasteiger partial charge in [0.05, 0.1) is 11.4 Å². The van der Waals surface area contributed by atoms with Crippen LogP contribution in [-0.4, -0.2) is 29.4 Å². The van der Waals surface area contributed by atoms with Crippen LogP contribution >= 0.6 is 0 Å². The molecule has 0 saturated heterocycles. The second-order valence-corrected chi connectivity index (χ2v) is 7.36. The number of hydrogen-bond donors (Lipinski definition) is 2. The Labute approximate surface area is 141 Å². The van der Waals surface area contributed by atoms with Crippen LogP contribution in [0, 0.1) is 0 Å². The highest BCUT2D eigenvalue weighted by Crippen LogP contribution is 2.21. The van der Waals surface area contributed by atoms with Gasteiger partial charge in [0.25, 0.3) is 0 Å². The molecule has 0 aliphatic heterocycles. The number of sulfonamides is 1. The maximum Gasteiger partial charge on any atom is 0.234 e. The first-order valence-electron chi connectivity index (χ1n) is 7.55. The van der Waals surface area contributed by atoms with Gasteiger partial charge in [0, 0.05) is 24.0 Å². The number of benzene rings is 1. The van der Waals surface area contributed by atoms with Crippen LogP contribution in [-0.2, 0) is 10.0 Å². The fourth-order valence-corrected chi connectivity index (χ4v) is 3.82. The van der Waals surface area contributed by atoms with Crippen LogP contribution in [0.4, 0.5) is 5.82 Å². The van der Waals surface area contributed by atoms with Crippen LogP contribution in [0.25, 0.3) is 11.3 Å². The monoisotopic (exact) mass is 342 g/mol.